The lowest BCUT2D eigenvalue weighted by Crippen LogP contribution is -2.10. The highest BCUT2D eigenvalue weighted by molar-refractivity contribution is 7.25. The van der Waals surface area contributed by atoms with Gasteiger partial charge in [0.1, 0.15) is 11.2 Å². The molecule has 0 amide bonds. The third-order valence-electron chi connectivity index (χ3n) is 10.9. The molecule has 0 fully saturated rings. The van der Waals surface area contributed by atoms with Gasteiger partial charge in [0.2, 0.25) is 0 Å². The fourth-order valence-electron chi connectivity index (χ4n) is 8.29. The standard InChI is InChI=1S/C52H33NOS/c1-2-11-34(12-3-1)35-23-28-39(29-24-35)53(40-30-25-37(26-31-40)42-19-10-22-49-51(42)45-17-6-7-21-48(45)55-49)41-15-8-14-38(33-41)43-18-9-20-47-50(43)46-32-27-36-13-4-5-16-44(36)52(46)54-47/h1-33H. The molecule has 2 nitrogen and oxygen atoms in total. The van der Waals surface area contributed by atoms with E-state index in [4.69, 9.17) is 4.42 Å². The first kappa shape index (κ1) is 31.6. The number of thiophene rings is 1. The van der Waals surface area contributed by atoms with Crippen molar-refractivity contribution in [3.05, 3.63) is 200 Å². The molecule has 0 unspecified atom stereocenters. The molecule has 2 heterocycles. The topological polar surface area (TPSA) is 16.4 Å². The summed E-state index contributed by atoms with van der Waals surface area (Å²) in [6.07, 6.45) is 0. The molecule has 0 bridgehead atoms. The molecule has 0 saturated carbocycles. The van der Waals surface area contributed by atoms with Gasteiger partial charge in [-0.15, -0.1) is 11.3 Å². The minimum absolute atomic E-state index is 0.895. The average molecular weight is 720 g/mol. The molecule has 0 aliphatic heterocycles. The zero-order chi connectivity index (χ0) is 36.3. The molecule has 0 spiro atoms. The summed E-state index contributed by atoms with van der Waals surface area (Å²) in [5.74, 6) is 0. The molecular formula is C52H33NOS. The number of anilines is 3. The molecular weight excluding hydrogens is 687 g/mol. The van der Waals surface area contributed by atoms with E-state index >= 15 is 0 Å². The molecule has 0 aliphatic rings. The third-order valence-corrected chi connectivity index (χ3v) is 12.0. The van der Waals surface area contributed by atoms with E-state index < -0.39 is 0 Å². The molecule has 2 aromatic heterocycles. The lowest BCUT2D eigenvalue weighted by Gasteiger charge is -2.26. The second-order valence-corrected chi connectivity index (χ2v) is 15.2. The van der Waals surface area contributed by atoms with E-state index in [1.165, 1.54) is 47.8 Å². The molecule has 9 aromatic carbocycles. The van der Waals surface area contributed by atoms with Crippen molar-refractivity contribution in [2.75, 3.05) is 4.90 Å². The molecule has 0 aliphatic carbocycles. The predicted molar refractivity (Wildman–Crippen MR) is 235 cm³/mol. The van der Waals surface area contributed by atoms with Crippen molar-refractivity contribution >= 4 is 81.3 Å². The van der Waals surface area contributed by atoms with Crippen molar-refractivity contribution in [1.29, 1.82) is 0 Å². The van der Waals surface area contributed by atoms with E-state index in [2.05, 4.69) is 205 Å². The third kappa shape index (κ3) is 5.32. The maximum absolute atomic E-state index is 6.57. The number of furan rings is 1. The van der Waals surface area contributed by atoms with E-state index in [-0.39, 0.29) is 0 Å². The number of nitrogens with zero attached hydrogens (tertiary/aromatic N) is 1. The van der Waals surface area contributed by atoms with Gasteiger partial charge in [-0.3, -0.25) is 0 Å². The van der Waals surface area contributed by atoms with Gasteiger partial charge < -0.3 is 9.32 Å². The largest absolute Gasteiger partial charge is 0.455 e. The van der Waals surface area contributed by atoms with Crippen molar-refractivity contribution in [3.63, 3.8) is 0 Å². The molecule has 0 atom stereocenters. The van der Waals surface area contributed by atoms with Gasteiger partial charge in [-0.05, 0) is 99.4 Å². The first-order valence-corrected chi connectivity index (χ1v) is 19.5. The van der Waals surface area contributed by atoms with Crippen LogP contribution in [0.4, 0.5) is 17.1 Å². The van der Waals surface area contributed by atoms with Crippen LogP contribution < -0.4 is 4.90 Å². The fraction of sp³-hybridized carbons (Fsp3) is 0. The Hall–Kier alpha value is -6.94. The van der Waals surface area contributed by atoms with Crippen molar-refractivity contribution in [3.8, 4) is 33.4 Å². The summed E-state index contributed by atoms with van der Waals surface area (Å²) in [6, 6.07) is 72.1. The fourth-order valence-corrected chi connectivity index (χ4v) is 9.43. The minimum Gasteiger partial charge on any atom is -0.455 e. The Morgan fingerprint density at radius 2 is 0.982 bits per heavy atom. The Balaban J connectivity index is 1.05. The maximum atomic E-state index is 6.57. The lowest BCUT2D eigenvalue weighted by atomic mass is 9.97. The van der Waals surface area contributed by atoms with Crippen LogP contribution in [0.3, 0.4) is 0 Å². The Morgan fingerprint density at radius 3 is 1.80 bits per heavy atom. The first-order chi connectivity index (χ1) is 27.3. The van der Waals surface area contributed by atoms with Crippen LogP contribution in [0, 0.1) is 0 Å². The van der Waals surface area contributed by atoms with Crippen molar-refractivity contribution in [2.45, 2.75) is 0 Å². The highest BCUT2D eigenvalue weighted by Gasteiger charge is 2.18. The van der Waals surface area contributed by atoms with Crippen LogP contribution in [0.25, 0.3) is 86.3 Å². The number of rotatable bonds is 6. The maximum Gasteiger partial charge on any atom is 0.143 e. The first-order valence-electron chi connectivity index (χ1n) is 18.7. The van der Waals surface area contributed by atoms with E-state index in [0.717, 1.165) is 55.5 Å². The van der Waals surface area contributed by atoms with E-state index in [1.807, 2.05) is 11.3 Å². The van der Waals surface area contributed by atoms with E-state index in [1.54, 1.807) is 0 Å². The Kier molecular flexibility index (Phi) is 7.39. The van der Waals surface area contributed by atoms with Crippen molar-refractivity contribution < 1.29 is 4.42 Å². The summed E-state index contributed by atoms with van der Waals surface area (Å²) >= 11 is 1.86. The van der Waals surface area contributed by atoms with Crippen molar-refractivity contribution in [1.82, 2.24) is 0 Å². The van der Waals surface area contributed by atoms with Crippen LogP contribution in [0.1, 0.15) is 0 Å². The van der Waals surface area contributed by atoms with Gasteiger partial charge in [-0.25, -0.2) is 0 Å². The lowest BCUT2D eigenvalue weighted by molar-refractivity contribution is 0.673. The summed E-state index contributed by atoms with van der Waals surface area (Å²) < 4.78 is 9.21. The van der Waals surface area contributed by atoms with Gasteiger partial charge >= 0.3 is 0 Å². The molecule has 55 heavy (non-hydrogen) atoms. The number of hydrogen-bond donors (Lipinski definition) is 0. The summed E-state index contributed by atoms with van der Waals surface area (Å²) in [7, 11) is 0. The highest BCUT2D eigenvalue weighted by Crippen LogP contribution is 2.44. The zero-order valence-corrected chi connectivity index (χ0v) is 30.6. The Morgan fingerprint density at radius 1 is 0.364 bits per heavy atom. The van der Waals surface area contributed by atoms with Gasteiger partial charge in [-0.2, -0.15) is 0 Å². The van der Waals surface area contributed by atoms with Crippen LogP contribution in [0.5, 0.6) is 0 Å². The number of hydrogen-bond acceptors (Lipinski definition) is 3. The molecule has 0 radical (unpaired) electrons. The second kappa shape index (κ2) is 12.9. The van der Waals surface area contributed by atoms with Crippen molar-refractivity contribution in [2.24, 2.45) is 0 Å². The van der Waals surface area contributed by atoms with Crippen LogP contribution >= 0.6 is 11.3 Å². The highest BCUT2D eigenvalue weighted by atomic mass is 32.1. The number of fused-ring (bicyclic) bond motifs is 8. The van der Waals surface area contributed by atoms with E-state index in [0.29, 0.717) is 0 Å². The second-order valence-electron chi connectivity index (χ2n) is 14.1. The zero-order valence-electron chi connectivity index (χ0n) is 29.8. The Bertz CT molecular complexity index is 3190. The molecule has 0 saturated heterocycles. The summed E-state index contributed by atoms with van der Waals surface area (Å²) in [4.78, 5) is 2.36. The van der Waals surface area contributed by atoms with Crippen LogP contribution in [-0.2, 0) is 0 Å². The molecule has 258 valence electrons. The molecule has 3 heteroatoms. The summed E-state index contributed by atoms with van der Waals surface area (Å²) in [6.45, 7) is 0. The number of benzene rings is 9. The summed E-state index contributed by atoms with van der Waals surface area (Å²) in [5.41, 5.74) is 12.2. The normalized spacial score (nSPS) is 11.6. The average Bonchev–Trinajstić information content (AvgIpc) is 3.84. The molecule has 11 rings (SSSR count). The smallest absolute Gasteiger partial charge is 0.143 e. The predicted octanol–water partition coefficient (Wildman–Crippen LogP) is 15.6. The van der Waals surface area contributed by atoms with Gasteiger partial charge in [0, 0.05) is 53.4 Å². The Labute approximate surface area is 322 Å². The van der Waals surface area contributed by atoms with Crippen LogP contribution in [0.2, 0.25) is 0 Å². The van der Waals surface area contributed by atoms with Gasteiger partial charge in [0.05, 0.1) is 0 Å². The SMILES string of the molecule is c1ccc(-c2ccc(N(c3ccc(-c4cccc5sc6ccccc6c45)cc3)c3cccc(-c4cccc5oc6c7ccccc7ccc6c45)c3)cc2)cc1. The summed E-state index contributed by atoms with van der Waals surface area (Å²) in [5, 5.41) is 7.22. The molecule has 11 aromatic rings. The quantitative estimate of drug-likeness (QED) is 0.170. The van der Waals surface area contributed by atoms with Crippen LogP contribution in [0.15, 0.2) is 205 Å². The minimum atomic E-state index is 0.895. The van der Waals surface area contributed by atoms with E-state index in [9.17, 15) is 0 Å². The molecule has 0 N–H and O–H groups in total. The van der Waals surface area contributed by atoms with Gasteiger partial charge in [0.15, 0.2) is 0 Å². The van der Waals surface area contributed by atoms with Crippen LogP contribution in [-0.4, -0.2) is 0 Å². The van der Waals surface area contributed by atoms with Gasteiger partial charge in [-0.1, -0.05) is 140 Å². The monoisotopic (exact) mass is 719 g/mol. The van der Waals surface area contributed by atoms with Gasteiger partial charge in [0.25, 0.3) is 0 Å².